The largest absolute Gasteiger partial charge is 0.462 e. The second-order valence-corrected chi connectivity index (χ2v) is 8.64. The zero-order chi connectivity index (χ0) is 26.5. The van der Waals surface area contributed by atoms with Gasteiger partial charge < -0.3 is 9.47 Å². The molecule has 0 aromatic heterocycles. The number of benzene rings is 4. The molecule has 0 radical (unpaired) electrons. The van der Waals surface area contributed by atoms with Gasteiger partial charge in [-0.25, -0.2) is 4.79 Å². The molecule has 0 bridgehead atoms. The molecule has 0 saturated carbocycles. The summed E-state index contributed by atoms with van der Waals surface area (Å²) >= 11 is 0. The predicted molar refractivity (Wildman–Crippen MR) is 145 cm³/mol. The molecule has 5 rings (SSSR count). The highest BCUT2D eigenvalue weighted by atomic mass is 16.5. The first-order chi connectivity index (χ1) is 18.6. The number of carbonyl (C=O) groups excluding carboxylic acids is 2. The first kappa shape index (κ1) is 24.5. The molecule has 6 nitrogen and oxygen atoms in total. The molecule has 4 aromatic rings. The fourth-order valence-corrected chi connectivity index (χ4v) is 4.63. The first-order valence-corrected chi connectivity index (χ1v) is 12.2. The number of esters is 1. The Morgan fingerprint density at radius 3 is 2.34 bits per heavy atom. The van der Waals surface area contributed by atoms with Crippen LogP contribution < -0.4 is 10.1 Å². The summed E-state index contributed by atoms with van der Waals surface area (Å²) in [5.74, 6) is -1.43. The van der Waals surface area contributed by atoms with E-state index in [4.69, 9.17) is 9.47 Å². The normalized spacial score (nSPS) is 14.7. The van der Waals surface area contributed by atoms with E-state index >= 15 is 0 Å². The Kier molecular flexibility index (Phi) is 7.01. The molecular formula is C32H24N2O4. The summed E-state index contributed by atoms with van der Waals surface area (Å²) in [5, 5.41) is 14.3. The molecule has 1 atom stereocenters. The van der Waals surface area contributed by atoms with Gasteiger partial charge in [-0.1, -0.05) is 91.0 Å². The lowest BCUT2D eigenvalue weighted by Crippen LogP contribution is -2.34. The lowest BCUT2D eigenvalue weighted by molar-refractivity contribution is -0.139. The van der Waals surface area contributed by atoms with E-state index in [0.717, 1.165) is 21.9 Å². The molecule has 0 fully saturated rings. The van der Waals surface area contributed by atoms with Gasteiger partial charge in [-0.3, -0.25) is 10.1 Å². The van der Waals surface area contributed by atoms with E-state index in [0.29, 0.717) is 11.3 Å². The highest BCUT2D eigenvalue weighted by Gasteiger charge is 2.38. The number of ether oxygens (including phenoxy) is 2. The number of nitrogens with zero attached hydrogens (tertiary/aromatic N) is 1. The smallest absolute Gasteiger partial charge is 0.340 e. The maximum absolute atomic E-state index is 13.5. The molecule has 4 aromatic carbocycles. The zero-order valence-electron chi connectivity index (χ0n) is 20.7. The van der Waals surface area contributed by atoms with Crippen LogP contribution in [0.15, 0.2) is 114 Å². The zero-order valence-corrected chi connectivity index (χ0v) is 20.7. The minimum Gasteiger partial charge on any atom is -0.462 e. The molecule has 38 heavy (non-hydrogen) atoms. The monoisotopic (exact) mass is 500 g/mol. The van der Waals surface area contributed by atoms with Crippen molar-refractivity contribution in [1.29, 1.82) is 5.26 Å². The van der Waals surface area contributed by atoms with Crippen LogP contribution in [0.5, 0.6) is 5.75 Å². The maximum atomic E-state index is 13.5. The van der Waals surface area contributed by atoms with E-state index < -0.39 is 17.8 Å². The number of nitrogens with one attached hydrogen (secondary N) is 1. The minimum atomic E-state index is -0.691. The third-order valence-electron chi connectivity index (χ3n) is 6.30. The Bertz CT molecular complexity index is 1620. The van der Waals surface area contributed by atoms with E-state index in [1.807, 2.05) is 91.0 Å². The van der Waals surface area contributed by atoms with Crippen molar-refractivity contribution in [3.8, 4) is 11.8 Å². The highest BCUT2D eigenvalue weighted by Crippen LogP contribution is 2.46. The van der Waals surface area contributed by atoms with Crippen LogP contribution in [0.25, 0.3) is 16.8 Å². The van der Waals surface area contributed by atoms with Gasteiger partial charge in [0.05, 0.1) is 12.5 Å². The summed E-state index contributed by atoms with van der Waals surface area (Å²) in [6, 6.07) is 32.2. The molecular weight excluding hydrogens is 476 g/mol. The number of hydrogen-bond acceptors (Lipinski definition) is 5. The van der Waals surface area contributed by atoms with Crippen LogP contribution in [0.2, 0.25) is 0 Å². The van der Waals surface area contributed by atoms with Gasteiger partial charge in [0.1, 0.15) is 23.0 Å². The van der Waals surface area contributed by atoms with Crippen LogP contribution in [0, 0.1) is 11.3 Å². The third kappa shape index (κ3) is 4.78. The topological polar surface area (TPSA) is 88.4 Å². The van der Waals surface area contributed by atoms with Gasteiger partial charge >= 0.3 is 5.97 Å². The maximum Gasteiger partial charge on any atom is 0.340 e. The van der Waals surface area contributed by atoms with Gasteiger partial charge in [0.2, 0.25) is 5.88 Å². The summed E-state index contributed by atoms with van der Waals surface area (Å²) in [4.78, 5) is 26.7. The molecule has 1 N–H and O–H groups in total. The van der Waals surface area contributed by atoms with Gasteiger partial charge in [0.15, 0.2) is 0 Å². The van der Waals surface area contributed by atoms with Gasteiger partial charge in [-0.2, -0.15) is 5.26 Å². The Labute approximate surface area is 220 Å². The average Bonchev–Trinajstić information content (AvgIpc) is 2.96. The van der Waals surface area contributed by atoms with E-state index in [2.05, 4.69) is 5.32 Å². The number of rotatable bonds is 6. The van der Waals surface area contributed by atoms with Crippen molar-refractivity contribution in [2.24, 2.45) is 0 Å². The Morgan fingerprint density at radius 1 is 0.947 bits per heavy atom. The van der Waals surface area contributed by atoms with Crippen molar-refractivity contribution in [2.75, 3.05) is 6.61 Å². The molecule has 1 aliphatic heterocycles. The van der Waals surface area contributed by atoms with Crippen molar-refractivity contribution < 1.29 is 19.1 Å². The molecule has 6 heteroatoms. The van der Waals surface area contributed by atoms with E-state index in [1.165, 1.54) is 6.08 Å². The molecule has 186 valence electrons. The minimum absolute atomic E-state index is 0.0562. The van der Waals surface area contributed by atoms with E-state index in [9.17, 15) is 14.9 Å². The number of fused-ring (bicyclic) bond motifs is 3. The summed E-state index contributed by atoms with van der Waals surface area (Å²) in [7, 11) is 0. The standard InChI is InChI=1S/C32H24N2O4/c1-2-37-32(36)29-27(23-14-7-4-8-15-23)28-25-16-10-9-13-22(25)17-18-26(28)38-31(29)34-30(35)24(20-33)19-21-11-5-3-6-12-21/h3-19,27H,2H2,1H3,(H,34,35)/b24-19+. The molecule has 1 heterocycles. The van der Waals surface area contributed by atoms with Crippen molar-refractivity contribution >= 4 is 28.7 Å². The van der Waals surface area contributed by atoms with Crippen LogP contribution in [0.4, 0.5) is 0 Å². The van der Waals surface area contributed by atoms with Gasteiger partial charge in [0, 0.05) is 5.56 Å². The fraction of sp³-hybridized carbons (Fsp3) is 0.0938. The van der Waals surface area contributed by atoms with Crippen molar-refractivity contribution in [3.05, 3.63) is 131 Å². The fourth-order valence-electron chi connectivity index (χ4n) is 4.63. The average molecular weight is 501 g/mol. The summed E-state index contributed by atoms with van der Waals surface area (Å²) in [6.07, 6.45) is 1.49. The SMILES string of the molecule is CCOC(=O)C1=C(NC(=O)/C(C#N)=C/c2ccccc2)Oc2ccc3ccccc3c2C1c1ccccc1. The summed E-state index contributed by atoms with van der Waals surface area (Å²) in [6.45, 7) is 1.86. The second kappa shape index (κ2) is 10.9. The third-order valence-corrected chi connectivity index (χ3v) is 6.30. The van der Waals surface area contributed by atoms with Crippen LogP contribution >= 0.6 is 0 Å². The molecule has 1 amide bonds. The predicted octanol–water partition coefficient (Wildman–Crippen LogP) is 5.86. The van der Waals surface area contributed by atoms with Crippen LogP contribution in [-0.2, 0) is 14.3 Å². The summed E-state index contributed by atoms with van der Waals surface area (Å²) in [5.41, 5.74) is 2.37. The van der Waals surface area contributed by atoms with Gasteiger partial charge in [0.25, 0.3) is 5.91 Å². The Morgan fingerprint density at radius 2 is 1.63 bits per heavy atom. The molecule has 0 spiro atoms. The van der Waals surface area contributed by atoms with Crippen LogP contribution in [0.3, 0.4) is 0 Å². The lowest BCUT2D eigenvalue weighted by atomic mass is 9.80. The van der Waals surface area contributed by atoms with Gasteiger partial charge in [-0.15, -0.1) is 0 Å². The molecule has 1 unspecified atom stereocenters. The molecule has 1 aliphatic rings. The van der Waals surface area contributed by atoms with E-state index in [-0.39, 0.29) is 23.6 Å². The first-order valence-electron chi connectivity index (χ1n) is 12.2. The number of amides is 1. The number of hydrogen-bond donors (Lipinski definition) is 1. The Balaban J connectivity index is 1.68. The van der Waals surface area contributed by atoms with Gasteiger partial charge in [-0.05, 0) is 41.0 Å². The van der Waals surface area contributed by atoms with Crippen molar-refractivity contribution in [2.45, 2.75) is 12.8 Å². The number of carbonyl (C=O) groups is 2. The number of nitriles is 1. The van der Waals surface area contributed by atoms with Crippen molar-refractivity contribution in [3.63, 3.8) is 0 Å². The van der Waals surface area contributed by atoms with E-state index in [1.54, 1.807) is 19.1 Å². The van der Waals surface area contributed by atoms with Crippen LogP contribution in [-0.4, -0.2) is 18.5 Å². The van der Waals surface area contributed by atoms with Crippen molar-refractivity contribution in [1.82, 2.24) is 5.32 Å². The Hall–Kier alpha value is -5.15. The highest BCUT2D eigenvalue weighted by molar-refractivity contribution is 6.04. The second-order valence-electron chi connectivity index (χ2n) is 8.64. The molecule has 0 saturated heterocycles. The molecule has 0 aliphatic carbocycles. The van der Waals surface area contributed by atoms with Crippen LogP contribution in [0.1, 0.15) is 29.5 Å². The summed E-state index contributed by atoms with van der Waals surface area (Å²) < 4.78 is 11.6. The lowest BCUT2D eigenvalue weighted by Gasteiger charge is -2.31. The quantitative estimate of drug-likeness (QED) is 0.203.